The van der Waals surface area contributed by atoms with Crippen molar-refractivity contribution in [1.82, 2.24) is 5.32 Å². The predicted octanol–water partition coefficient (Wildman–Crippen LogP) is 7.44. The van der Waals surface area contributed by atoms with Gasteiger partial charge < -0.3 is 10.6 Å². The fraction of sp³-hybridized carbons (Fsp3) is 0. The van der Waals surface area contributed by atoms with E-state index in [0.29, 0.717) is 38.0 Å². The minimum absolute atomic E-state index is 0.0432. The summed E-state index contributed by atoms with van der Waals surface area (Å²) in [5.74, 6) is -1.76. The number of allylic oxidation sites excluding steroid dienone is 1. The van der Waals surface area contributed by atoms with Crippen LogP contribution < -0.4 is 10.6 Å². The molecule has 0 aliphatic rings. The van der Waals surface area contributed by atoms with Crippen LogP contribution in [0.4, 0.5) is 10.1 Å². The zero-order chi connectivity index (χ0) is 27.8. The van der Waals surface area contributed by atoms with Crippen LogP contribution in [-0.4, -0.2) is 17.6 Å². The molecular formula is C31H21Cl2FN2O3. The van der Waals surface area contributed by atoms with Crippen molar-refractivity contribution in [2.75, 3.05) is 5.32 Å². The Bertz CT molecular complexity index is 1570. The van der Waals surface area contributed by atoms with Crippen molar-refractivity contribution in [2.45, 2.75) is 0 Å². The minimum Gasteiger partial charge on any atom is -0.321 e. The average Bonchev–Trinajstić information content (AvgIpc) is 2.94. The van der Waals surface area contributed by atoms with Crippen LogP contribution in [-0.2, 0) is 4.79 Å². The third kappa shape index (κ3) is 7.74. The van der Waals surface area contributed by atoms with Gasteiger partial charge in [-0.2, -0.15) is 0 Å². The van der Waals surface area contributed by atoms with Gasteiger partial charge in [0.05, 0.1) is 0 Å². The summed E-state index contributed by atoms with van der Waals surface area (Å²) in [6, 6.07) is 25.2. The third-order valence-electron chi connectivity index (χ3n) is 5.51. The number of amides is 2. The number of ketones is 1. The summed E-state index contributed by atoms with van der Waals surface area (Å²) in [4.78, 5) is 38.4. The van der Waals surface area contributed by atoms with Crippen molar-refractivity contribution >= 4 is 58.6 Å². The van der Waals surface area contributed by atoms with E-state index in [1.165, 1.54) is 36.4 Å². The first kappa shape index (κ1) is 27.5. The summed E-state index contributed by atoms with van der Waals surface area (Å²) < 4.78 is 13.3. The normalized spacial score (nSPS) is 11.3. The summed E-state index contributed by atoms with van der Waals surface area (Å²) in [5.41, 5.74) is 2.29. The van der Waals surface area contributed by atoms with Gasteiger partial charge in [-0.25, -0.2) is 4.39 Å². The molecule has 0 radical (unpaired) electrons. The molecule has 0 spiro atoms. The zero-order valence-electron chi connectivity index (χ0n) is 20.3. The average molecular weight is 559 g/mol. The highest BCUT2D eigenvalue weighted by molar-refractivity contribution is 6.35. The van der Waals surface area contributed by atoms with Crippen LogP contribution in [0.3, 0.4) is 0 Å². The fourth-order valence-electron chi connectivity index (χ4n) is 3.48. The fourth-order valence-corrected chi connectivity index (χ4v) is 3.95. The molecule has 5 nitrogen and oxygen atoms in total. The Morgan fingerprint density at radius 2 is 1.46 bits per heavy atom. The van der Waals surface area contributed by atoms with Gasteiger partial charge in [0, 0.05) is 26.9 Å². The molecule has 4 rings (SSSR count). The van der Waals surface area contributed by atoms with Crippen molar-refractivity contribution in [1.29, 1.82) is 0 Å². The highest BCUT2D eigenvalue weighted by Crippen LogP contribution is 2.22. The lowest BCUT2D eigenvalue weighted by Gasteiger charge is -2.12. The molecule has 0 saturated heterocycles. The van der Waals surface area contributed by atoms with Gasteiger partial charge >= 0.3 is 0 Å². The van der Waals surface area contributed by atoms with Crippen LogP contribution in [0.1, 0.15) is 31.8 Å². The maximum Gasteiger partial charge on any atom is 0.272 e. The lowest BCUT2D eigenvalue weighted by Crippen LogP contribution is -2.30. The quantitative estimate of drug-likeness (QED) is 0.174. The van der Waals surface area contributed by atoms with Gasteiger partial charge in [0.15, 0.2) is 5.78 Å². The van der Waals surface area contributed by atoms with Gasteiger partial charge in [-0.15, -0.1) is 0 Å². The number of nitrogens with one attached hydrogen (secondary N) is 2. The number of hydrogen-bond acceptors (Lipinski definition) is 3. The van der Waals surface area contributed by atoms with E-state index < -0.39 is 17.6 Å². The second-order valence-electron chi connectivity index (χ2n) is 8.32. The molecule has 2 N–H and O–H groups in total. The van der Waals surface area contributed by atoms with Gasteiger partial charge in [0.2, 0.25) is 0 Å². The Kier molecular flexibility index (Phi) is 9.05. The first-order valence-electron chi connectivity index (χ1n) is 11.7. The van der Waals surface area contributed by atoms with Gasteiger partial charge in [-0.3, -0.25) is 14.4 Å². The SMILES string of the molecule is O=C(Nc1ccc(C(=O)/C=C/c2ccc(Cl)cc2Cl)cc1)/C(=C/c1ccc(F)cc1)NC(=O)c1ccccc1. The van der Waals surface area contributed by atoms with Crippen LogP contribution in [0.2, 0.25) is 10.0 Å². The number of hydrogen-bond donors (Lipinski definition) is 2. The summed E-state index contributed by atoms with van der Waals surface area (Å²) >= 11 is 12.0. The Labute approximate surface area is 234 Å². The Hall–Kier alpha value is -4.52. The largest absolute Gasteiger partial charge is 0.321 e. The van der Waals surface area contributed by atoms with Crippen LogP contribution >= 0.6 is 23.2 Å². The molecule has 194 valence electrons. The predicted molar refractivity (Wildman–Crippen MR) is 153 cm³/mol. The Morgan fingerprint density at radius 1 is 0.769 bits per heavy atom. The van der Waals surface area contributed by atoms with Crippen molar-refractivity contribution in [3.05, 3.63) is 147 Å². The number of benzene rings is 4. The van der Waals surface area contributed by atoms with Crippen molar-refractivity contribution < 1.29 is 18.8 Å². The van der Waals surface area contributed by atoms with E-state index >= 15 is 0 Å². The number of anilines is 1. The van der Waals surface area contributed by atoms with Crippen molar-refractivity contribution in [3.63, 3.8) is 0 Å². The van der Waals surface area contributed by atoms with E-state index in [2.05, 4.69) is 10.6 Å². The number of carbonyl (C=O) groups is 3. The molecule has 0 unspecified atom stereocenters. The lowest BCUT2D eigenvalue weighted by molar-refractivity contribution is -0.113. The molecule has 2 amide bonds. The molecular weight excluding hydrogens is 538 g/mol. The second-order valence-corrected chi connectivity index (χ2v) is 9.17. The molecule has 0 fully saturated rings. The standard InChI is InChI=1S/C31H21Cl2FN2O3/c32-24-12-8-21(27(33)19-24)11-17-29(37)22-9-15-26(16-10-22)35-31(39)28(18-20-6-13-25(34)14-7-20)36-30(38)23-4-2-1-3-5-23/h1-19H,(H,35,39)(H,36,38)/b17-11+,28-18-. The smallest absolute Gasteiger partial charge is 0.272 e. The maximum atomic E-state index is 13.3. The van der Waals surface area contributed by atoms with Crippen LogP contribution in [0.25, 0.3) is 12.2 Å². The lowest BCUT2D eigenvalue weighted by atomic mass is 10.1. The molecule has 0 saturated carbocycles. The van der Waals surface area contributed by atoms with E-state index in [4.69, 9.17) is 23.2 Å². The molecule has 4 aromatic rings. The van der Waals surface area contributed by atoms with E-state index in [0.717, 1.165) is 0 Å². The van der Waals surface area contributed by atoms with Crippen molar-refractivity contribution in [3.8, 4) is 0 Å². The number of carbonyl (C=O) groups excluding carboxylic acids is 3. The van der Waals surface area contributed by atoms with Crippen LogP contribution in [0, 0.1) is 5.82 Å². The maximum absolute atomic E-state index is 13.3. The molecule has 0 bridgehead atoms. The summed E-state index contributed by atoms with van der Waals surface area (Å²) in [6.45, 7) is 0. The number of rotatable bonds is 8. The van der Waals surface area contributed by atoms with Crippen LogP contribution in [0.5, 0.6) is 0 Å². The molecule has 0 aliphatic carbocycles. The van der Waals surface area contributed by atoms with Crippen LogP contribution in [0.15, 0.2) is 109 Å². The minimum atomic E-state index is -0.597. The van der Waals surface area contributed by atoms with Gasteiger partial charge in [0.1, 0.15) is 11.5 Å². The molecule has 39 heavy (non-hydrogen) atoms. The van der Waals surface area contributed by atoms with E-state index in [1.54, 1.807) is 78.9 Å². The monoisotopic (exact) mass is 558 g/mol. The van der Waals surface area contributed by atoms with Crippen molar-refractivity contribution in [2.24, 2.45) is 0 Å². The molecule has 8 heteroatoms. The Morgan fingerprint density at radius 3 is 2.13 bits per heavy atom. The molecule has 4 aromatic carbocycles. The highest BCUT2D eigenvalue weighted by Gasteiger charge is 2.15. The van der Waals surface area contributed by atoms with Gasteiger partial charge in [-0.05, 0) is 90.0 Å². The van der Waals surface area contributed by atoms with E-state index in [9.17, 15) is 18.8 Å². The summed E-state index contributed by atoms with van der Waals surface area (Å²) in [5, 5.41) is 6.25. The second kappa shape index (κ2) is 12.8. The third-order valence-corrected chi connectivity index (χ3v) is 6.08. The number of halogens is 3. The van der Waals surface area contributed by atoms with Gasteiger partial charge in [0.25, 0.3) is 11.8 Å². The molecule has 0 aromatic heterocycles. The molecule has 0 heterocycles. The molecule has 0 atom stereocenters. The highest BCUT2D eigenvalue weighted by atomic mass is 35.5. The first-order valence-corrected chi connectivity index (χ1v) is 12.5. The summed E-state index contributed by atoms with van der Waals surface area (Å²) in [6.07, 6.45) is 4.43. The van der Waals surface area contributed by atoms with E-state index in [1.807, 2.05) is 0 Å². The summed E-state index contributed by atoms with van der Waals surface area (Å²) in [7, 11) is 0. The zero-order valence-corrected chi connectivity index (χ0v) is 21.8. The topological polar surface area (TPSA) is 75.3 Å². The Balaban J connectivity index is 1.49. The first-order chi connectivity index (χ1) is 18.8. The molecule has 0 aliphatic heterocycles. The van der Waals surface area contributed by atoms with Gasteiger partial charge in [-0.1, -0.05) is 59.6 Å². The van der Waals surface area contributed by atoms with E-state index in [-0.39, 0.29) is 11.5 Å².